The van der Waals surface area contributed by atoms with Crippen molar-refractivity contribution < 1.29 is 43.8 Å². The van der Waals surface area contributed by atoms with Crippen LogP contribution in [-0.2, 0) is 25.6 Å². The Morgan fingerprint density at radius 3 is 2.11 bits per heavy atom. The molecule has 2 saturated carbocycles. The topological polar surface area (TPSA) is 189 Å². The van der Waals surface area contributed by atoms with E-state index in [2.05, 4.69) is 0 Å². The van der Waals surface area contributed by atoms with E-state index in [4.69, 9.17) is 5.73 Å². The van der Waals surface area contributed by atoms with E-state index in [1.165, 1.54) is 32.0 Å². The van der Waals surface area contributed by atoms with Crippen molar-refractivity contribution in [3.63, 3.8) is 0 Å². The molecule has 1 aromatic carbocycles. The second-order valence-corrected chi connectivity index (χ2v) is 10.1. The minimum Gasteiger partial charge on any atom is -0.506 e. The van der Waals surface area contributed by atoms with Gasteiger partial charge in [0.15, 0.2) is 46.2 Å². The Hall–Kier alpha value is -3.57. The molecule has 1 aromatic rings. The van der Waals surface area contributed by atoms with Gasteiger partial charge in [0.2, 0.25) is 5.91 Å². The number of amides is 1. The number of aliphatic hydroxyl groups is 1. The summed E-state index contributed by atoms with van der Waals surface area (Å²) in [6, 6.07) is -0.00591. The Bertz CT molecular complexity index is 1300. The maximum Gasteiger partial charge on any atom is 0.235 e. The van der Waals surface area contributed by atoms with Crippen molar-refractivity contribution in [1.29, 1.82) is 0 Å². The van der Waals surface area contributed by atoms with Crippen LogP contribution in [0.2, 0.25) is 0 Å². The van der Waals surface area contributed by atoms with Gasteiger partial charge >= 0.3 is 0 Å². The number of likely N-dealkylation sites (N-methyl/N-ethyl adjacent to an activating group) is 1. The second kappa shape index (κ2) is 8.24. The summed E-state index contributed by atoms with van der Waals surface area (Å²) in [5.74, 6) is -13.1. The first-order valence-corrected chi connectivity index (χ1v) is 11.4. The van der Waals surface area contributed by atoms with Crippen LogP contribution in [0.3, 0.4) is 0 Å². The minimum atomic E-state index is -2.84. The molecule has 0 radical (unpaired) electrons. The normalized spacial score (nSPS) is 31.6. The third-order valence-electron chi connectivity index (χ3n) is 7.82. The van der Waals surface area contributed by atoms with Gasteiger partial charge in [-0.2, -0.15) is 0 Å². The number of primary amides is 1. The van der Waals surface area contributed by atoms with Crippen LogP contribution in [0.1, 0.15) is 56.9 Å². The molecule has 11 nitrogen and oxygen atoms in total. The molecule has 4 rings (SSSR count). The first-order valence-electron chi connectivity index (χ1n) is 11.4. The van der Waals surface area contributed by atoms with Crippen molar-refractivity contribution in [3.05, 3.63) is 28.3 Å². The molecule has 0 spiro atoms. The number of nitrogens with two attached hydrogens (primary N) is 1. The van der Waals surface area contributed by atoms with Gasteiger partial charge in [-0.15, -0.1) is 0 Å². The molecule has 190 valence electrons. The van der Waals surface area contributed by atoms with Gasteiger partial charge < -0.3 is 15.9 Å². The molecule has 0 heterocycles. The smallest absolute Gasteiger partial charge is 0.235 e. The average Bonchev–Trinajstić information content (AvgIpc) is 2.75. The highest BCUT2D eigenvalue weighted by Gasteiger charge is 2.69. The summed E-state index contributed by atoms with van der Waals surface area (Å²) in [5, 5.41) is 22.3. The van der Waals surface area contributed by atoms with Crippen molar-refractivity contribution >= 4 is 40.6 Å². The molecule has 0 aliphatic heterocycles. The maximum absolute atomic E-state index is 13.7. The second-order valence-electron chi connectivity index (χ2n) is 10.1. The van der Waals surface area contributed by atoms with Gasteiger partial charge in [0.05, 0.1) is 23.1 Å². The summed E-state index contributed by atoms with van der Waals surface area (Å²) in [7, 11) is 2.98. The van der Waals surface area contributed by atoms with Crippen LogP contribution < -0.4 is 5.73 Å². The van der Waals surface area contributed by atoms with Gasteiger partial charge in [0, 0.05) is 11.5 Å². The minimum absolute atomic E-state index is 0.0434. The van der Waals surface area contributed by atoms with E-state index >= 15 is 0 Å². The number of Topliss-reactive ketones (excluding diaryl/α,β-unsaturated/α-hetero) is 6. The fourth-order valence-electron chi connectivity index (χ4n) is 6.25. The fourth-order valence-corrected chi connectivity index (χ4v) is 6.25. The number of carbonyl (C=O) groups excluding carboxylic acids is 7. The van der Waals surface area contributed by atoms with Gasteiger partial charge in [-0.1, -0.05) is 0 Å². The first kappa shape index (κ1) is 25.5. The molecule has 3 aliphatic carbocycles. The quantitative estimate of drug-likeness (QED) is 0.352. The van der Waals surface area contributed by atoms with Crippen LogP contribution >= 0.6 is 0 Å². The number of nitrogens with zero attached hydrogens (tertiary/aromatic N) is 1. The summed E-state index contributed by atoms with van der Waals surface area (Å²) in [5.41, 5.74) is 2.01. The molecule has 2 unspecified atom stereocenters. The summed E-state index contributed by atoms with van der Waals surface area (Å²) >= 11 is 0. The zero-order valence-electron chi connectivity index (χ0n) is 20.2. The maximum atomic E-state index is 13.7. The Morgan fingerprint density at radius 2 is 1.61 bits per heavy atom. The van der Waals surface area contributed by atoms with Crippen LogP contribution in [-0.4, -0.2) is 81.5 Å². The largest absolute Gasteiger partial charge is 0.506 e. The molecule has 0 saturated heterocycles. The molecule has 1 amide bonds. The summed E-state index contributed by atoms with van der Waals surface area (Å²) in [6.07, 6.45) is -0.178. The van der Waals surface area contributed by atoms with E-state index in [0.29, 0.717) is 0 Å². The molecule has 36 heavy (non-hydrogen) atoms. The lowest BCUT2D eigenvalue weighted by molar-refractivity contribution is -0.181. The highest BCUT2D eigenvalue weighted by molar-refractivity contribution is 6.32. The van der Waals surface area contributed by atoms with Crippen LogP contribution in [0.5, 0.6) is 5.75 Å². The van der Waals surface area contributed by atoms with Crippen LogP contribution in [0.25, 0.3) is 0 Å². The fraction of sp³-hybridized carbons (Fsp3) is 0.480. The lowest BCUT2D eigenvalue weighted by atomic mass is 9.52. The average molecular weight is 498 g/mol. The number of carbonyl (C=O) groups is 7. The molecule has 11 heteroatoms. The molecule has 6 atom stereocenters. The number of phenolic OH excluding ortho intramolecular Hbond substituents is 1. The van der Waals surface area contributed by atoms with E-state index in [9.17, 15) is 43.8 Å². The number of fused-ring (bicyclic) bond motifs is 3. The Kier molecular flexibility index (Phi) is 5.84. The number of aromatic hydroxyl groups is 1. The summed E-state index contributed by atoms with van der Waals surface area (Å²) in [4.78, 5) is 91.6. The standard InChI is InChI=1S/C25H26N2O9/c1-8(28)11-7-12(9(2)29)19(30)16-13(11)5-10-6-14-18(27(3)4)21(32)17(24(26)35)23(34)25(14,36)22(33)15(10)20(16)31/h7,10,14-15,17-18,30,36H,5-6H2,1-4H3,(H2,26,35)/t10-,14-,15?,17?,18+,25-/m0/s1. The van der Waals surface area contributed by atoms with Crippen LogP contribution in [0, 0.1) is 23.7 Å². The molecule has 3 aliphatic rings. The van der Waals surface area contributed by atoms with E-state index < -0.39 is 81.7 Å². The van der Waals surface area contributed by atoms with Gasteiger partial charge in [0.25, 0.3) is 0 Å². The summed E-state index contributed by atoms with van der Waals surface area (Å²) < 4.78 is 0. The Labute approximate surface area is 205 Å². The van der Waals surface area contributed by atoms with E-state index in [1.54, 1.807) is 0 Å². The number of rotatable bonds is 4. The monoisotopic (exact) mass is 498 g/mol. The van der Waals surface area contributed by atoms with Gasteiger partial charge in [-0.25, -0.2) is 0 Å². The van der Waals surface area contributed by atoms with E-state index in [1.807, 2.05) is 0 Å². The lowest BCUT2D eigenvalue weighted by Gasteiger charge is -2.52. The third-order valence-corrected chi connectivity index (χ3v) is 7.82. The van der Waals surface area contributed by atoms with E-state index in [-0.39, 0.29) is 35.1 Å². The lowest BCUT2D eigenvalue weighted by Crippen LogP contribution is -2.74. The number of hydrogen-bond donors (Lipinski definition) is 3. The first-order chi connectivity index (χ1) is 16.7. The number of benzene rings is 1. The molecular weight excluding hydrogens is 472 g/mol. The van der Waals surface area contributed by atoms with Crippen molar-refractivity contribution in [2.45, 2.75) is 38.3 Å². The molecule has 0 bridgehead atoms. The zero-order chi connectivity index (χ0) is 27.0. The van der Waals surface area contributed by atoms with Crippen LogP contribution in [0.15, 0.2) is 6.07 Å². The van der Waals surface area contributed by atoms with Gasteiger partial charge in [-0.05, 0) is 58.3 Å². The molecule has 0 aromatic heterocycles. The molecule has 2 fully saturated rings. The third kappa shape index (κ3) is 3.22. The van der Waals surface area contributed by atoms with Crippen molar-refractivity contribution in [3.8, 4) is 5.75 Å². The molecular formula is C25H26N2O9. The van der Waals surface area contributed by atoms with Gasteiger partial charge in [-0.3, -0.25) is 38.5 Å². The predicted octanol–water partition coefficient (Wildman–Crippen LogP) is -0.728. The molecule has 4 N–H and O–H groups in total. The van der Waals surface area contributed by atoms with Crippen molar-refractivity contribution in [2.24, 2.45) is 29.4 Å². The SMILES string of the molecule is CC(=O)c1cc(C(C)=O)c2c(c1O)C(=O)C1C(=O)[C@]3(O)C(=O)C(C(N)=O)C(=O)[C@H](N(C)C)[C@@H]3C[C@@H]1C2. The number of hydrogen-bond acceptors (Lipinski definition) is 10. The van der Waals surface area contributed by atoms with Crippen LogP contribution in [0.4, 0.5) is 0 Å². The Balaban J connectivity index is 1.93. The highest BCUT2D eigenvalue weighted by Crippen LogP contribution is 2.51. The number of phenols is 1. The zero-order valence-corrected chi connectivity index (χ0v) is 20.2. The van der Waals surface area contributed by atoms with Crippen molar-refractivity contribution in [1.82, 2.24) is 4.90 Å². The Morgan fingerprint density at radius 1 is 1.03 bits per heavy atom. The predicted molar refractivity (Wildman–Crippen MR) is 121 cm³/mol. The van der Waals surface area contributed by atoms with E-state index in [0.717, 1.165) is 6.92 Å². The van der Waals surface area contributed by atoms with Gasteiger partial charge in [0.1, 0.15) is 5.75 Å². The summed E-state index contributed by atoms with van der Waals surface area (Å²) in [6.45, 7) is 2.38. The number of ketones is 6. The highest BCUT2D eigenvalue weighted by atomic mass is 16.3. The van der Waals surface area contributed by atoms with Crippen molar-refractivity contribution in [2.75, 3.05) is 14.1 Å².